The van der Waals surface area contributed by atoms with Crippen molar-refractivity contribution in [3.05, 3.63) is 75.0 Å². The summed E-state index contributed by atoms with van der Waals surface area (Å²) < 4.78 is 14.3. The Labute approximate surface area is 200 Å². The molecule has 2 N–H and O–H groups in total. The molecule has 1 aromatic carbocycles. The van der Waals surface area contributed by atoms with Crippen LogP contribution in [-0.2, 0) is 6.42 Å². The number of carbonyl (C=O) groups excluding carboxylic acids is 2. The summed E-state index contributed by atoms with van der Waals surface area (Å²) in [4.78, 5) is 39.1. The third kappa shape index (κ3) is 5.08. The zero-order valence-corrected chi connectivity index (χ0v) is 19.4. The summed E-state index contributed by atoms with van der Waals surface area (Å²) in [5, 5.41) is 3.08. The number of nitrogens with one attached hydrogen (secondary N) is 2. The second-order valence-corrected chi connectivity index (χ2v) is 8.75. The SMILES string of the molecule is CN(c1ncc(CC(=O)c2cc(C(=O)c3c(Cl)ccc(Cl)c3F)c[nH]2)cn1)C1CCNCC1. The van der Waals surface area contributed by atoms with E-state index < -0.39 is 11.6 Å². The second kappa shape index (κ2) is 9.99. The van der Waals surface area contributed by atoms with Crippen LogP contribution in [0.2, 0.25) is 10.0 Å². The summed E-state index contributed by atoms with van der Waals surface area (Å²) >= 11 is 11.8. The minimum absolute atomic E-state index is 0.0531. The second-order valence-electron chi connectivity index (χ2n) is 7.93. The average Bonchev–Trinajstić information content (AvgIpc) is 3.33. The molecule has 1 fully saturated rings. The van der Waals surface area contributed by atoms with Crippen LogP contribution in [-0.4, -0.2) is 52.7 Å². The molecule has 7 nitrogen and oxygen atoms in total. The zero-order chi connectivity index (χ0) is 23.5. The van der Waals surface area contributed by atoms with Gasteiger partial charge in [0, 0.05) is 43.7 Å². The molecule has 33 heavy (non-hydrogen) atoms. The molecule has 1 aliphatic heterocycles. The lowest BCUT2D eigenvalue weighted by atomic mass is 10.0. The fraction of sp³-hybridized carbons (Fsp3) is 0.304. The summed E-state index contributed by atoms with van der Waals surface area (Å²) in [6.07, 6.45) is 6.72. The number of nitrogens with zero attached hydrogens (tertiary/aromatic N) is 3. The predicted molar refractivity (Wildman–Crippen MR) is 125 cm³/mol. The van der Waals surface area contributed by atoms with Gasteiger partial charge in [-0.15, -0.1) is 0 Å². The largest absolute Gasteiger partial charge is 0.358 e. The normalized spacial score (nSPS) is 14.3. The first kappa shape index (κ1) is 23.4. The van der Waals surface area contributed by atoms with E-state index in [2.05, 4.69) is 25.2 Å². The first-order chi connectivity index (χ1) is 15.8. The van der Waals surface area contributed by atoms with E-state index in [0.717, 1.165) is 25.9 Å². The van der Waals surface area contributed by atoms with Gasteiger partial charge in [-0.2, -0.15) is 0 Å². The molecule has 3 heterocycles. The number of aromatic nitrogens is 3. The van der Waals surface area contributed by atoms with Gasteiger partial charge in [-0.05, 0) is 49.7 Å². The number of halogens is 3. The highest BCUT2D eigenvalue weighted by Crippen LogP contribution is 2.28. The van der Waals surface area contributed by atoms with Crippen molar-refractivity contribution in [2.75, 3.05) is 25.0 Å². The predicted octanol–water partition coefficient (Wildman–Crippen LogP) is 4.10. The Balaban J connectivity index is 1.44. The van der Waals surface area contributed by atoms with Crippen LogP contribution in [0.25, 0.3) is 0 Å². The summed E-state index contributed by atoms with van der Waals surface area (Å²) in [6, 6.07) is 4.39. The minimum Gasteiger partial charge on any atom is -0.358 e. The van der Waals surface area contributed by atoms with Crippen LogP contribution in [0.1, 0.15) is 44.8 Å². The molecule has 0 saturated carbocycles. The highest BCUT2D eigenvalue weighted by atomic mass is 35.5. The van der Waals surface area contributed by atoms with Crippen LogP contribution in [0.3, 0.4) is 0 Å². The third-order valence-corrected chi connectivity index (χ3v) is 6.35. The fourth-order valence-corrected chi connectivity index (χ4v) is 4.21. The van der Waals surface area contributed by atoms with E-state index in [1.54, 1.807) is 12.4 Å². The molecule has 0 radical (unpaired) electrons. The van der Waals surface area contributed by atoms with Gasteiger partial charge >= 0.3 is 0 Å². The molecule has 0 amide bonds. The maximum absolute atomic E-state index is 14.3. The van der Waals surface area contributed by atoms with Gasteiger partial charge in [0.2, 0.25) is 5.95 Å². The van der Waals surface area contributed by atoms with E-state index in [1.807, 2.05) is 7.05 Å². The van der Waals surface area contributed by atoms with Crippen molar-refractivity contribution in [2.24, 2.45) is 0 Å². The molecule has 0 atom stereocenters. The number of aromatic amines is 1. The van der Waals surface area contributed by atoms with E-state index in [9.17, 15) is 14.0 Å². The van der Waals surface area contributed by atoms with Crippen molar-refractivity contribution < 1.29 is 14.0 Å². The Morgan fingerprint density at radius 1 is 1.15 bits per heavy atom. The molecule has 0 unspecified atom stereocenters. The number of carbonyl (C=O) groups is 2. The maximum atomic E-state index is 14.3. The Bertz CT molecular complexity index is 1180. The number of rotatable bonds is 7. The standard InChI is InChI=1S/C23H22Cl2FN5O2/c1-31(15-4-6-27-7-5-15)23-29-10-13(11-30-23)8-19(32)18-9-14(12-28-18)22(33)20-16(24)2-3-17(25)21(20)26/h2-3,9-12,15,27-28H,4-8H2,1H3. The lowest BCUT2D eigenvalue weighted by Crippen LogP contribution is -2.41. The van der Waals surface area contributed by atoms with E-state index in [-0.39, 0.29) is 39.1 Å². The number of benzene rings is 1. The number of hydrogen-bond acceptors (Lipinski definition) is 6. The van der Waals surface area contributed by atoms with Gasteiger partial charge in [0.25, 0.3) is 0 Å². The van der Waals surface area contributed by atoms with Gasteiger partial charge in [-0.3, -0.25) is 9.59 Å². The summed E-state index contributed by atoms with van der Waals surface area (Å²) in [5.74, 6) is -1.19. The average molecular weight is 490 g/mol. The molecule has 3 aromatic rings. The van der Waals surface area contributed by atoms with Crippen molar-refractivity contribution in [1.82, 2.24) is 20.3 Å². The highest BCUT2D eigenvalue weighted by Gasteiger charge is 2.23. The minimum atomic E-state index is -0.894. The van der Waals surface area contributed by atoms with Crippen LogP contribution in [0.15, 0.2) is 36.8 Å². The van der Waals surface area contributed by atoms with Crippen LogP contribution in [0.4, 0.5) is 10.3 Å². The third-order valence-electron chi connectivity index (χ3n) is 5.74. The monoisotopic (exact) mass is 489 g/mol. The van der Waals surface area contributed by atoms with Gasteiger partial charge in [0.05, 0.1) is 21.3 Å². The van der Waals surface area contributed by atoms with Crippen molar-refractivity contribution in [2.45, 2.75) is 25.3 Å². The molecule has 4 rings (SSSR count). The first-order valence-electron chi connectivity index (χ1n) is 10.5. The van der Waals surface area contributed by atoms with Crippen molar-refractivity contribution in [1.29, 1.82) is 0 Å². The summed E-state index contributed by atoms with van der Waals surface area (Å²) in [6.45, 7) is 1.94. The van der Waals surface area contributed by atoms with Crippen LogP contribution >= 0.6 is 23.2 Å². The molecule has 1 aliphatic rings. The van der Waals surface area contributed by atoms with Crippen molar-refractivity contribution >= 4 is 40.7 Å². The molecular formula is C23H22Cl2FN5O2. The van der Waals surface area contributed by atoms with E-state index in [0.29, 0.717) is 17.6 Å². The molecule has 2 aromatic heterocycles. The highest BCUT2D eigenvalue weighted by molar-refractivity contribution is 6.37. The number of hydrogen-bond donors (Lipinski definition) is 2. The van der Waals surface area contributed by atoms with Crippen LogP contribution in [0, 0.1) is 5.82 Å². The number of ketones is 2. The molecule has 1 saturated heterocycles. The van der Waals surface area contributed by atoms with E-state index >= 15 is 0 Å². The zero-order valence-electron chi connectivity index (χ0n) is 17.9. The fourth-order valence-electron chi connectivity index (χ4n) is 3.83. The van der Waals surface area contributed by atoms with Crippen molar-refractivity contribution in [3.8, 4) is 0 Å². The Kier molecular flexibility index (Phi) is 7.07. The Morgan fingerprint density at radius 3 is 2.52 bits per heavy atom. The van der Waals surface area contributed by atoms with E-state index in [4.69, 9.17) is 23.2 Å². The van der Waals surface area contributed by atoms with Gasteiger partial charge < -0.3 is 15.2 Å². The number of anilines is 1. The topological polar surface area (TPSA) is 91.0 Å². The molecule has 0 bridgehead atoms. The summed E-state index contributed by atoms with van der Waals surface area (Å²) in [5.41, 5.74) is 0.641. The van der Waals surface area contributed by atoms with Crippen LogP contribution < -0.4 is 10.2 Å². The Morgan fingerprint density at radius 2 is 1.82 bits per heavy atom. The molecule has 10 heteroatoms. The molecular weight excluding hydrogens is 468 g/mol. The summed E-state index contributed by atoms with van der Waals surface area (Å²) in [7, 11) is 1.97. The lowest BCUT2D eigenvalue weighted by molar-refractivity contribution is 0.0988. The molecule has 0 spiro atoms. The molecule has 0 aliphatic carbocycles. The van der Waals surface area contributed by atoms with E-state index in [1.165, 1.54) is 24.4 Å². The van der Waals surface area contributed by atoms with Crippen LogP contribution in [0.5, 0.6) is 0 Å². The van der Waals surface area contributed by atoms with Crippen molar-refractivity contribution in [3.63, 3.8) is 0 Å². The Hall–Kier alpha value is -2.81. The smallest absolute Gasteiger partial charge is 0.225 e. The number of piperidine rings is 1. The van der Waals surface area contributed by atoms with Gasteiger partial charge in [-0.25, -0.2) is 14.4 Å². The van der Waals surface area contributed by atoms with Gasteiger partial charge in [0.15, 0.2) is 17.4 Å². The quantitative estimate of drug-likeness (QED) is 0.383. The van der Waals surface area contributed by atoms with Gasteiger partial charge in [0.1, 0.15) is 0 Å². The molecule has 172 valence electrons. The van der Waals surface area contributed by atoms with Gasteiger partial charge in [-0.1, -0.05) is 23.2 Å². The lowest BCUT2D eigenvalue weighted by Gasteiger charge is -2.31. The first-order valence-corrected chi connectivity index (χ1v) is 11.2. The number of H-pyrrole nitrogens is 1. The maximum Gasteiger partial charge on any atom is 0.225 e. The number of Topliss-reactive ketones (excluding diaryl/α,β-unsaturated/α-hetero) is 1.